The average molecular weight is 376 g/mol. The molecule has 2 rings (SSSR count). The van der Waals surface area contributed by atoms with Crippen LogP contribution in [-0.4, -0.2) is 18.9 Å². The number of hydrogen-bond donors (Lipinski definition) is 1. The van der Waals surface area contributed by atoms with E-state index in [1.54, 1.807) is 12.3 Å². The second-order valence-electron chi connectivity index (χ2n) is 6.52. The van der Waals surface area contributed by atoms with Crippen molar-refractivity contribution in [2.24, 2.45) is 5.14 Å². The molecule has 4 nitrogen and oxygen atoms in total. The molecule has 0 aliphatic carbocycles. The molecule has 0 aromatic carbocycles. The molecule has 0 spiro atoms. The quantitative estimate of drug-likeness (QED) is 0.842. The summed E-state index contributed by atoms with van der Waals surface area (Å²) in [7, 11) is -1.18. The zero-order valence-electron chi connectivity index (χ0n) is 15.8. The lowest BCUT2D eigenvalue weighted by Gasteiger charge is -2.11. The molecule has 1 unspecified atom stereocenters. The topological polar surface area (TPSA) is 68.9 Å². The van der Waals surface area contributed by atoms with Crippen LogP contribution in [0.5, 0.6) is 0 Å². The first-order valence-electron chi connectivity index (χ1n) is 8.20. The average Bonchev–Trinajstić information content (AvgIpc) is 2.60. The molecule has 0 radical (unpaired) electrons. The van der Waals surface area contributed by atoms with Crippen molar-refractivity contribution in [2.75, 3.05) is 0 Å². The van der Waals surface area contributed by atoms with Gasteiger partial charge < -0.3 is 0 Å². The Balaban J connectivity index is 0.000000412. The van der Waals surface area contributed by atoms with Crippen LogP contribution in [0.1, 0.15) is 44.5 Å². The number of hydrogen-bond acceptors (Lipinski definition) is 3. The van der Waals surface area contributed by atoms with Gasteiger partial charge in [0.1, 0.15) is 11.5 Å². The SMILES string of the molecule is C=Cc1cc(CC)c(-c2ccccn2)nc1C(=C)F.CC(C)(C)S(N)=O. The smallest absolute Gasteiger partial charge is 0.142 e. The van der Waals surface area contributed by atoms with Gasteiger partial charge in [0.15, 0.2) is 0 Å². The van der Waals surface area contributed by atoms with Crippen molar-refractivity contribution in [3.05, 3.63) is 60.4 Å². The van der Waals surface area contributed by atoms with Gasteiger partial charge >= 0.3 is 0 Å². The lowest BCUT2D eigenvalue weighted by atomic mass is 10.0. The van der Waals surface area contributed by atoms with E-state index < -0.39 is 16.8 Å². The minimum atomic E-state index is -1.18. The molecule has 2 aromatic heterocycles. The zero-order valence-corrected chi connectivity index (χ0v) is 16.6. The summed E-state index contributed by atoms with van der Waals surface area (Å²) >= 11 is 0. The first-order valence-corrected chi connectivity index (χ1v) is 9.41. The zero-order chi connectivity index (χ0) is 19.9. The third-order valence-corrected chi connectivity index (χ3v) is 4.71. The normalized spacial score (nSPS) is 11.9. The van der Waals surface area contributed by atoms with Crippen LogP contribution in [0.4, 0.5) is 4.39 Å². The summed E-state index contributed by atoms with van der Waals surface area (Å²) in [5, 5.41) is 5.04. The van der Waals surface area contributed by atoms with Crippen molar-refractivity contribution >= 4 is 22.9 Å². The Morgan fingerprint density at radius 2 is 2.00 bits per heavy atom. The number of aryl methyl sites for hydroxylation is 1. The summed E-state index contributed by atoms with van der Waals surface area (Å²) in [6, 6.07) is 7.47. The molecule has 0 amide bonds. The third-order valence-electron chi connectivity index (χ3n) is 3.50. The van der Waals surface area contributed by atoms with Crippen LogP contribution in [0, 0.1) is 0 Å². The molecule has 6 heteroatoms. The maximum Gasteiger partial charge on any atom is 0.142 e. The van der Waals surface area contributed by atoms with Crippen LogP contribution in [0.3, 0.4) is 0 Å². The minimum absolute atomic E-state index is 0.229. The molecule has 2 N–H and O–H groups in total. The van der Waals surface area contributed by atoms with Crippen LogP contribution in [-0.2, 0) is 17.4 Å². The maximum atomic E-state index is 13.5. The Bertz CT molecular complexity index is 799. The van der Waals surface area contributed by atoms with Crippen LogP contribution in [0.2, 0.25) is 0 Å². The Labute approximate surface area is 157 Å². The highest BCUT2D eigenvalue weighted by atomic mass is 32.2. The van der Waals surface area contributed by atoms with E-state index in [9.17, 15) is 8.60 Å². The molecule has 0 aliphatic rings. The molecule has 0 fully saturated rings. The molecular weight excluding hydrogens is 349 g/mol. The summed E-state index contributed by atoms with van der Waals surface area (Å²) in [6.45, 7) is 14.6. The summed E-state index contributed by atoms with van der Waals surface area (Å²) in [4.78, 5) is 8.65. The van der Waals surface area contributed by atoms with Gasteiger partial charge in [0, 0.05) is 11.8 Å². The molecule has 0 saturated carbocycles. The Morgan fingerprint density at radius 3 is 2.38 bits per heavy atom. The first-order chi connectivity index (χ1) is 12.1. The molecule has 1 atom stereocenters. The van der Waals surface area contributed by atoms with Gasteiger partial charge in [-0.25, -0.2) is 13.6 Å². The summed E-state index contributed by atoms with van der Waals surface area (Å²) in [5.74, 6) is -0.560. The largest absolute Gasteiger partial charge is 0.255 e. The van der Waals surface area contributed by atoms with Crippen LogP contribution in [0.15, 0.2) is 43.6 Å². The number of nitrogens with two attached hydrogens (primary N) is 1. The van der Waals surface area contributed by atoms with E-state index in [2.05, 4.69) is 23.1 Å². The van der Waals surface area contributed by atoms with Gasteiger partial charge in [0.2, 0.25) is 0 Å². The summed E-state index contributed by atoms with van der Waals surface area (Å²) in [5.41, 5.74) is 3.33. The number of halogens is 1. The van der Waals surface area contributed by atoms with Crippen molar-refractivity contribution < 1.29 is 8.60 Å². The fraction of sp³-hybridized carbons (Fsp3) is 0.300. The van der Waals surface area contributed by atoms with Crippen LogP contribution in [0.25, 0.3) is 23.3 Å². The van der Waals surface area contributed by atoms with Gasteiger partial charge in [-0.3, -0.25) is 10.1 Å². The standard InChI is InChI=1S/C16H15FN2.C4H11NOS/c1-4-12-10-13(5-2)16(19-15(12)11(3)17)14-8-6-7-9-18-14;1-4(2,3)7(5)6/h4,6-10H,1,3,5H2,2H3;5H2,1-3H3. The maximum absolute atomic E-state index is 13.5. The van der Waals surface area contributed by atoms with Gasteiger partial charge in [-0.15, -0.1) is 0 Å². The van der Waals surface area contributed by atoms with Gasteiger partial charge in [-0.1, -0.05) is 32.2 Å². The van der Waals surface area contributed by atoms with Gasteiger partial charge in [-0.2, -0.15) is 0 Å². The Hall–Kier alpha value is -2.18. The predicted octanol–water partition coefficient (Wildman–Crippen LogP) is 4.70. The second kappa shape index (κ2) is 9.50. The monoisotopic (exact) mass is 375 g/mol. The Morgan fingerprint density at radius 1 is 1.38 bits per heavy atom. The molecular formula is C20H26FN3OS. The molecule has 26 heavy (non-hydrogen) atoms. The van der Waals surface area contributed by atoms with E-state index in [4.69, 9.17) is 5.14 Å². The number of rotatable bonds is 4. The van der Waals surface area contributed by atoms with Gasteiger partial charge in [-0.05, 0) is 51.0 Å². The van der Waals surface area contributed by atoms with E-state index in [0.29, 0.717) is 11.3 Å². The fourth-order valence-corrected chi connectivity index (χ4v) is 1.94. The second-order valence-corrected chi connectivity index (χ2v) is 8.34. The van der Waals surface area contributed by atoms with E-state index in [-0.39, 0.29) is 10.4 Å². The van der Waals surface area contributed by atoms with Gasteiger partial charge in [0.05, 0.1) is 27.1 Å². The lowest BCUT2D eigenvalue weighted by Crippen LogP contribution is -2.27. The van der Waals surface area contributed by atoms with E-state index in [1.807, 2.05) is 52.0 Å². The third kappa shape index (κ3) is 5.97. The fourth-order valence-electron chi connectivity index (χ4n) is 1.94. The van der Waals surface area contributed by atoms with Crippen molar-refractivity contribution in [3.63, 3.8) is 0 Å². The highest BCUT2D eigenvalue weighted by Gasteiger charge is 2.14. The lowest BCUT2D eigenvalue weighted by molar-refractivity contribution is 0.650. The molecule has 0 saturated heterocycles. The van der Waals surface area contributed by atoms with Crippen molar-refractivity contribution in [1.82, 2.24) is 9.97 Å². The highest BCUT2D eigenvalue weighted by molar-refractivity contribution is 7.84. The number of pyridine rings is 2. The molecule has 2 aromatic rings. The van der Waals surface area contributed by atoms with Crippen LogP contribution < -0.4 is 5.14 Å². The molecule has 0 bridgehead atoms. The summed E-state index contributed by atoms with van der Waals surface area (Å²) in [6.07, 6.45) is 4.08. The van der Waals surface area contributed by atoms with E-state index in [0.717, 1.165) is 17.7 Å². The minimum Gasteiger partial charge on any atom is -0.255 e. The highest BCUT2D eigenvalue weighted by Crippen LogP contribution is 2.27. The van der Waals surface area contributed by atoms with Gasteiger partial charge in [0.25, 0.3) is 0 Å². The van der Waals surface area contributed by atoms with E-state index >= 15 is 0 Å². The van der Waals surface area contributed by atoms with Crippen molar-refractivity contribution in [2.45, 2.75) is 38.9 Å². The first kappa shape index (κ1) is 21.9. The Kier molecular flexibility index (Phi) is 7.99. The molecule has 140 valence electrons. The summed E-state index contributed by atoms with van der Waals surface area (Å²) < 4.78 is 23.6. The van der Waals surface area contributed by atoms with Crippen molar-refractivity contribution in [1.29, 1.82) is 0 Å². The number of nitrogens with zero attached hydrogens (tertiary/aromatic N) is 2. The molecule has 0 aliphatic heterocycles. The van der Waals surface area contributed by atoms with E-state index in [1.165, 1.54) is 0 Å². The molecule has 2 heterocycles. The number of aromatic nitrogens is 2. The predicted molar refractivity (Wildman–Crippen MR) is 109 cm³/mol. The van der Waals surface area contributed by atoms with Crippen molar-refractivity contribution in [3.8, 4) is 11.4 Å². The van der Waals surface area contributed by atoms with Crippen LogP contribution >= 0.6 is 0 Å².